The highest BCUT2D eigenvalue weighted by Crippen LogP contribution is 2.23. The molecule has 6 nitrogen and oxygen atoms in total. The van der Waals surface area contributed by atoms with E-state index >= 15 is 0 Å². The Morgan fingerprint density at radius 1 is 1.06 bits per heavy atom. The van der Waals surface area contributed by atoms with Gasteiger partial charge in [0, 0.05) is 18.2 Å². The smallest absolute Gasteiger partial charge is 0.363 e. The van der Waals surface area contributed by atoms with Gasteiger partial charge >= 0.3 is 5.97 Å². The van der Waals surface area contributed by atoms with E-state index < -0.39 is 5.97 Å². The summed E-state index contributed by atoms with van der Waals surface area (Å²) in [5, 5.41) is 2.69. The molecule has 0 aliphatic carbocycles. The van der Waals surface area contributed by atoms with Crippen molar-refractivity contribution in [2.45, 2.75) is 20.5 Å². The Bertz CT molecular complexity index is 1230. The summed E-state index contributed by atoms with van der Waals surface area (Å²) in [6.07, 6.45) is 1.67. The molecule has 6 heteroatoms. The fourth-order valence-corrected chi connectivity index (χ4v) is 3.22. The van der Waals surface area contributed by atoms with Gasteiger partial charge in [0.1, 0.15) is 12.4 Å². The van der Waals surface area contributed by atoms with Crippen molar-refractivity contribution in [1.29, 1.82) is 0 Å². The van der Waals surface area contributed by atoms with Crippen molar-refractivity contribution < 1.29 is 19.1 Å². The summed E-state index contributed by atoms with van der Waals surface area (Å²) >= 11 is 0. The lowest BCUT2D eigenvalue weighted by molar-refractivity contribution is -0.129. The van der Waals surface area contributed by atoms with Crippen LogP contribution in [0, 0.1) is 6.92 Å². The zero-order valence-electron chi connectivity index (χ0n) is 17.8. The van der Waals surface area contributed by atoms with E-state index in [1.807, 2.05) is 55.5 Å². The van der Waals surface area contributed by atoms with Crippen LogP contribution >= 0.6 is 0 Å². The maximum Gasteiger partial charge on any atom is 0.363 e. The number of aryl methyl sites for hydroxylation is 1. The van der Waals surface area contributed by atoms with Crippen molar-refractivity contribution in [3.63, 3.8) is 0 Å². The van der Waals surface area contributed by atoms with Crippen molar-refractivity contribution in [3.8, 4) is 5.75 Å². The van der Waals surface area contributed by atoms with Crippen LogP contribution in [0.3, 0.4) is 0 Å². The number of carbonyl (C=O) groups excluding carboxylic acids is 2. The molecule has 1 aliphatic rings. The Labute approximate surface area is 186 Å². The number of nitrogens with zero attached hydrogens (tertiary/aromatic N) is 1. The third-order valence-corrected chi connectivity index (χ3v) is 4.89. The molecule has 1 aliphatic heterocycles. The summed E-state index contributed by atoms with van der Waals surface area (Å²) in [4.78, 5) is 27.8. The van der Waals surface area contributed by atoms with E-state index in [2.05, 4.69) is 10.3 Å². The van der Waals surface area contributed by atoms with Gasteiger partial charge < -0.3 is 14.8 Å². The zero-order chi connectivity index (χ0) is 22.5. The molecular formula is C26H22N2O4. The summed E-state index contributed by atoms with van der Waals surface area (Å²) in [6.45, 7) is 3.95. The van der Waals surface area contributed by atoms with E-state index in [4.69, 9.17) is 9.47 Å². The van der Waals surface area contributed by atoms with Gasteiger partial charge in [0.25, 0.3) is 0 Å². The molecule has 1 amide bonds. The number of hydrogen-bond donors (Lipinski definition) is 1. The summed E-state index contributed by atoms with van der Waals surface area (Å²) in [6, 6.07) is 22.5. The highest BCUT2D eigenvalue weighted by molar-refractivity contribution is 6.13. The number of ether oxygens (including phenoxy) is 2. The number of esters is 1. The molecule has 3 aromatic rings. The summed E-state index contributed by atoms with van der Waals surface area (Å²) in [5.74, 6) is 0.254. The van der Waals surface area contributed by atoms with Crippen LogP contribution in [0.1, 0.15) is 29.2 Å². The third-order valence-electron chi connectivity index (χ3n) is 4.89. The molecule has 0 saturated heterocycles. The summed E-state index contributed by atoms with van der Waals surface area (Å²) < 4.78 is 11.2. The number of benzene rings is 3. The third kappa shape index (κ3) is 5.10. The SMILES string of the molecule is CC(=O)Nc1ccc(C2=N/C(=C\c3cccc(OCc4ccccc4C)c3)C(=O)O2)cc1. The van der Waals surface area contributed by atoms with Crippen molar-refractivity contribution >= 4 is 29.5 Å². The van der Waals surface area contributed by atoms with Gasteiger partial charge in [-0.2, -0.15) is 0 Å². The minimum Gasteiger partial charge on any atom is -0.489 e. The normalized spacial score (nSPS) is 14.1. The summed E-state index contributed by atoms with van der Waals surface area (Å²) in [7, 11) is 0. The second-order valence-corrected chi connectivity index (χ2v) is 7.38. The zero-order valence-corrected chi connectivity index (χ0v) is 17.8. The van der Waals surface area contributed by atoms with Gasteiger partial charge in [-0.1, -0.05) is 36.4 Å². The fraction of sp³-hybridized carbons (Fsp3) is 0.115. The lowest BCUT2D eigenvalue weighted by Crippen LogP contribution is -2.07. The molecule has 3 aromatic carbocycles. The van der Waals surface area contributed by atoms with Crippen LogP contribution in [0.4, 0.5) is 5.69 Å². The van der Waals surface area contributed by atoms with Crippen LogP contribution in [0.5, 0.6) is 5.75 Å². The van der Waals surface area contributed by atoms with Crippen molar-refractivity contribution in [2.24, 2.45) is 4.99 Å². The first kappa shape index (κ1) is 21.1. The van der Waals surface area contributed by atoms with Gasteiger partial charge in [-0.25, -0.2) is 9.79 Å². The quantitative estimate of drug-likeness (QED) is 0.450. The topological polar surface area (TPSA) is 77.0 Å². The van der Waals surface area contributed by atoms with Gasteiger partial charge in [-0.05, 0) is 66.1 Å². The largest absolute Gasteiger partial charge is 0.489 e. The first-order valence-corrected chi connectivity index (χ1v) is 10.2. The molecule has 1 N–H and O–H groups in total. The summed E-state index contributed by atoms with van der Waals surface area (Å²) in [5.41, 5.74) is 4.59. The molecule has 0 atom stereocenters. The monoisotopic (exact) mass is 426 g/mol. The predicted molar refractivity (Wildman–Crippen MR) is 123 cm³/mol. The van der Waals surface area contributed by atoms with E-state index in [1.54, 1.807) is 30.3 Å². The Hall–Kier alpha value is -4.19. The molecule has 0 saturated carbocycles. The molecule has 4 rings (SSSR count). The Kier molecular flexibility index (Phi) is 6.12. The molecular weight excluding hydrogens is 404 g/mol. The number of hydrogen-bond acceptors (Lipinski definition) is 5. The van der Waals surface area contributed by atoms with Crippen LogP contribution in [0.2, 0.25) is 0 Å². The second-order valence-electron chi connectivity index (χ2n) is 7.38. The van der Waals surface area contributed by atoms with Crippen LogP contribution < -0.4 is 10.1 Å². The molecule has 0 spiro atoms. The molecule has 0 bridgehead atoms. The van der Waals surface area contributed by atoms with E-state index in [9.17, 15) is 9.59 Å². The van der Waals surface area contributed by atoms with Crippen LogP contribution in [0.25, 0.3) is 6.08 Å². The number of aliphatic imine (C=N–C) groups is 1. The van der Waals surface area contributed by atoms with Crippen molar-refractivity contribution in [2.75, 3.05) is 5.32 Å². The molecule has 0 radical (unpaired) electrons. The van der Waals surface area contributed by atoms with Crippen molar-refractivity contribution in [1.82, 2.24) is 0 Å². The van der Waals surface area contributed by atoms with E-state index in [-0.39, 0.29) is 17.5 Å². The van der Waals surface area contributed by atoms with E-state index in [1.165, 1.54) is 12.5 Å². The minimum absolute atomic E-state index is 0.155. The Balaban J connectivity index is 1.49. The van der Waals surface area contributed by atoms with Crippen LogP contribution in [0.15, 0.2) is 83.5 Å². The van der Waals surface area contributed by atoms with Gasteiger partial charge in [-0.3, -0.25) is 4.79 Å². The number of cyclic esters (lactones) is 1. The molecule has 0 unspecified atom stereocenters. The maximum absolute atomic E-state index is 12.3. The fourth-order valence-electron chi connectivity index (χ4n) is 3.22. The number of amides is 1. The molecule has 1 heterocycles. The highest BCUT2D eigenvalue weighted by Gasteiger charge is 2.24. The average molecular weight is 426 g/mol. The second kappa shape index (κ2) is 9.31. The molecule has 0 aromatic heterocycles. The van der Waals surface area contributed by atoms with E-state index in [0.29, 0.717) is 23.6 Å². The number of anilines is 1. The van der Waals surface area contributed by atoms with E-state index in [0.717, 1.165) is 11.1 Å². The van der Waals surface area contributed by atoms with Gasteiger partial charge in [-0.15, -0.1) is 0 Å². The van der Waals surface area contributed by atoms with Crippen LogP contribution in [-0.2, 0) is 20.9 Å². The standard InChI is InChI=1S/C26H22N2O4/c1-17-6-3-4-8-21(17)16-31-23-9-5-7-19(14-23)15-24-26(30)32-25(28-24)20-10-12-22(13-11-20)27-18(2)29/h3-15H,16H2,1-2H3,(H,27,29)/b24-15-. The minimum atomic E-state index is -0.517. The van der Waals surface area contributed by atoms with Gasteiger partial charge in [0.15, 0.2) is 5.70 Å². The van der Waals surface area contributed by atoms with Crippen LogP contribution in [-0.4, -0.2) is 17.8 Å². The molecule has 0 fully saturated rings. The number of nitrogens with one attached hydrogen (secondary N) is 1. The van der Waals surface area contributed by atoms with Crippen molar-refractivity contribution in [3.05, 3.63) is 101 Å². The van der Waals surface area contributed by atoms with Gasteiger partial charge in [0.05, 0.1) is 0 Å². The lowest BCUT2D eigenvalue weighted by atomic mass is 10.1. The molecule has 160 valence electrons. The number of rotatable bonds is 6. The Morgan fingerprint density at radius 2 is 1.84 bits per heavy atom. The first-order chi connectivity index (χ1) is 15.5. The highest BCUT2D eigenvalue weighted by atomic mass is 16.6. The first-order valence-electron chi connectivity index (χ1n) is 10.2. The lowest BCUT2D eigenvalue weighted by Gasteiger charge is -2.09. The van der Waals surface area contributed by atoms with Gasteiger partial charge in [0.2, 0.25) is 11.8 Å². The molecule has 32 heavy (non-hydrogen) atoms. The maximum atomic E-state index is 12.3. The Morgan fingerprint density at radius 3 is 2.59 bits per heavy atom. The number of carbonyl (C=O) groups is 2. The predicted octanol–water partition coefficient (Wildman–Crippen LogP) is 4.88. The average Bonchev–Trinajstić information content (AvgIpc) is 3.14.